The Balaban J connectivity index is 2.14. The summed E-state index contributed by atoms with van der Waals surface area (Å²) >= 11 is 0. The highest BCUT2D eigenvalue weighted by atomic mass is 16.4. The van der Waals surface area contributed by atoms with Gasteiger partial charge in [-0.15, -0.1) is 0 Å². The van der Waals surface area contributed by atoms with Crippen molar-refractivity contribution in [3.8, 4) is 0 Å². The molecule has 1 aliphatic rings. The third-order valence-corrected chi connectivity index (χ3v) is 2.16. The first-order valence-electron chi connectivity index (χ1n) is 4.39. The standard InChI is InChI=1S/C8H10N4O3/c1-12-5(3-10-6(12)8(14)15)11-7(13)4-2-9-4/h3-4,9H,2H2,1H3,(H,11,13)(H,14,15)/t4-/m0/s1. The number of nitrogens with zero attached hydrogens (tertiary/aromatic N) is 2. The lowest BCUT2D eigenvalue weighted by Crippen LogP contribution is -2.21. The van der Waals surface area contributed by atoms with Crippen LogP contribution in [0.3, 0.4) is 0 Å². The molecule has 1 atom stereocenters. The molecule has 0 radical (unpaired) electrons. The van der Waals surface area contributed by atoms with Gasteiger partial charge in [-0.3, -0.25) is 4.79 Å². The summed E-state index contributed by atoms with van der Waals surface area (Å²) in [7, 11) is 1.53. The lowest BCUT2D eigenvalue weighted by molar-refractivity contribution is -0.115. The van der Waals surface area contributed by atoms with E-state index < -0.39 is 5.97 Å². The van der Waals surface area contributed by atoms with Crippen LogP contribution in [0.25, 0.3) is 0 Å². The van der Waals surface area contributed by atoms with E-state index in [-0.39, 0.29) is 17.8 Å². The Labute approximate surface area is 85.1 Å². The minimum Gasteiger partial charge on any atom is -0.475 e. The van der Waals surface area contributed by atoms with Gasteiger partial charge < -0.3 is 20.3 Å². The zero-order chi connectivity index (χ0) is 11.0. The van der Waals surface area contributed by atoms with Gasteiger partial charge in [0.05, 0.1) is 12.2 Å². The molecule has 1 aliphatic heterocycles. The Kier molecular flexibility index (Phi) is 2.16. The maximum absolute atomic E-state index is 11.3. The SMILES string of the molecule is Cn1c(NC(=O)[C@@H]2CN2)cnc1C(=O)O. The molecule has 7 heteroatoms. The summed E-state index contributed by atoms with van der Waals surface area (Å²) in [4.78, 5) is 25.7. The maximum atomic E-state index is 11.3. The highest BCUT2D eigenvalue weighted by molar-refractivity contribution is 5.96. The van der Waals surface area contributed by atoms with Gasteiger partial charge in [0.1, 0.15) is 5.82 Å². The van der Waals surface area contributed by atoms with Crippen LogP contribution in [0.5, 0.6) is 0 Å². The number of imidazole rings is 1. The molecule has 1 amide bonds. The van der Waals surface area contributed by atoms with Crippen molar-refractivity contribution in [2.24, 2.45) is 7.05 Å². The molecule has 2 rings (SSSR count). The molecular weight excluding hydrogens is 200 g/mol. The van der Waals surface area contributed by atoms with Crippen molar-refractivity contribution in [3.05, 3.63) is 12.0 Å². The van der Waals surface area contributed by atoms with Crippen LogP contribution < -0.4 is 10.6 Å². The topological polar surface area (TPSA) is 106 Å². The van der Waals surface area contributed by atoms with Crippen LogP contribution in [-0.4, -0.2) is 39.1 Å². The smallest absolute Gasteiger partial charge is 0.372 e. The van der Waals surface area contributed by atoms with Gasteiger partial charge in [-0.05, 0) is 0 Å². The number of rotatable bonds is 3. The third kappa shape index (κ3) is 1.82. The molecule has 0 bridgehead atoms. The lowest BCUT2D eigenvalue weighted by atomic mass is 10.4. The van der Waals surface area contributed by atoms with Crippen LogP contribution in [-0.2, 0) is 11.8 Å². The molecular formula is C8H10N4O3. The minimum absolute atomic E-state index is 0.103. The molecule has 0 saturated carbocycles. The summed E-state index contributed by atoms with van der Waals surface area (Å²) in [6.45, 7) is 0.662. The number of aromatic carboxylic acids is 1. The van der Waals surface area contributed by atoms with E-state index in [1.54, 1.807) is 0 Å². The monoisotopic (exact) mass is 210 g/mol. The van der Waals surface area contributed by atoms with Gasteiger partial charge in [0, 0.05) is 13.6 Å². The van der Waals surface area contributed by atoms with Crippen LogP contribution >= 0.6 is 0 Å². The van der Waals surface area contributed by atoms with Crippen molar-refractivity contribution >= 4 is 17.7 Å². The first-order valence-corrected chi connectivity index (χ1v) is 4.39. The normalized spacial score (nSPS) is 18.6. The summed E-state index contributed by atoms with van der Waals surface area (Å²) in [5, 5.41) is 14.2. The molecule has 1 fully saturated rings. The molecule has 0 unspecified atom stereocenters. The Morgan fingerprint density at radius 1 is 1.73 bits per heavy atom. The van der Waals surface area contributed by atoms with Crippen molar-refractivity contribution in [2.75, 3.05) is 11.9 Å². The largest absolute Gasteiger partial charge is 0.475 e. The van der Waals surface area contributed by atoms with Crippen molar-refractivity contribution < 1.29 is 14.7 Å². The Morgan fingerprint density at radius 2 is 2.40 bits per heavy atom. The molecule has 2 heterocycles. The number of carboxylic acid groups (broad SMARTS) is 1. The van der Waals surface area contributed by atoms with Crippen molar-refractivity contribution in [3.63, 3.8) is 0 Å². The molecule has 80 valence electrons. The van der Waals surface area contributed by atoms with Crippen LogP contribution in [0.15, 0.2) is 6.20 Å². The second-order valence-corrected chi connectivity index (χ2v) is 3.28. The number of hydrogen-bond acceptors (Lipinski definition) is 4. The minimum atomic E-state index is -1.12. The molecule has 1 saturated heterocycles. The fourth-order valence-electron chi connectivity index (χ4n) is 1.18. The van der Waals surface area contributed by atoms with E-state index in [1.807, 2.05) is 0 Å². The first-order chi connectivity index (χ1) is 7.09. The van der Waals surface area contributed by atoms with E-state index in [9.17, 15) is 9.59 Å². The fraction of sp³-hybridized carbons (Fsp3) is 0.375. The van der Waals surface area contributed by atoms with Gasteiger partial charge in [0.2, 0.25) is 11.7 Å². The summed E-state index contributed by atoms with van der Waals surface area (Å²) < 4.78 is 1.32. The van der Waals surface area contributed by atoms with Gasteiger partial charge in [-0.1, -0.05) is 0 Å². The Hall–Kier alpha value is -1.89. The number of aromatic nitrogens is 2. The van der Waals surface area contributed by atoms with Crippen LogP contribution in [0, 0.1) is 0 Å². The lowest BCUT2D eigenvalue weighted by Gasteiger charge is -2.04. The van der Waals surface area contributed by atoms with Gasteiger partial charge in [0.25, 0.3) is 0 Å². The zero-order valence-electron chi connectivity index (χ0n) is 8.02. The van der Waals surface area contributed by atoms with Crippen LogP contribution in [0.2, 0.25) is 0 Å². The number of amides is 1. The second-order valence-electron chi connectivity index (χ2n) is 3.28. The second kappa shape index (κ2) is 3.35. The van der Waals surface area contributed by atoms with Gasteiger partial charge in [-0.2, -0.15) is 0 Å². The molecule has 15 heavy (non-hydrogen) atoms. The number of carboxylic acids is 1. The third-order valence-electron chi connectivity index (χ3n) is 2.16. The number of anilines is 1. The molecule has 7 nitrogen and oxygen atoms in total. The Morgan fingerprint density at radius 3 is 2.87 bits per heavy atom. The molecule has 1 aromatic rings. The molecule has 3 N–H and O–H groups in total. The predicted octanol–water partition coefficient (Wildman–Crippen LogP) is -0.971. The Bertz CT molecular complexity index is 422. The first kappa shape index (κ1) is 9.66. The maximum Gasteiger partial charge on any atom is 0.372 e. The fourth-order valence-corrected chi connectivity index (χ4v) is 1.18. The van der Waals surface area contributed by atoms with Gasteiger partial charge in [-0.25, -0.2) is 9.78 Å². The van der Waals surface area contributed by atoms with E-state index in [0.29, 0.717) is 12.4 Å². The highest BCUT2D eigenvalue weighted by Gasteiger charge is 2.29. The summed E-state index contributed by atoms with van der Waals surface area (Å²) in [5.74, 6) is -1.02. The predicted molar refractivity (Wildman–Crippen MR) is 50.6 cm³/mol. The number of hydrogen-bond donors (Lipinski definition) is 3. The number of carbonyl (C=O) groups excluding carboxylic acids is 1. The zero-order valence-corrected chi connectivity index (χ0v) is 8.02. The molecule has 1 aromatic heterocycles. The van der Waals surface area contributed by atoms with Crippen LogP contribution in [0.4, 0.5) is 5.82 Å². The van der Waals surface area contributed by atoms with Crippen molar-refractivity contribution in [2.45, 2.75) is 6.04 Å². The average molecular weight is 210 g/mol. The van der Waals surface area contributed by atoms with Gasteiger partial charge >= 0.3 is 5.97 Å². The van der Waals surface area contributed by atoms with E-state index in [4.69, 9.17) is 5.11 Å². The highest BCUT2D eigenvalue weighted by Crippen LogP contribution is 2.10. The number of carbonyl (C=O) groups is 2. The van der Waals surface area contributed by atoms with E-state index in [0.717, 1.165) is 0 Å². The summed E-state index contributed by atoms with van der Waals surface area (Å²) in [6, 6.07) is -0.159. The molecule has 0 aliphatic carbocycles. The number of nitrogens with one attached hydrogen (secondary N) is 2. The van der Waals surface area contributed by atoms with Crippen LogP contribution in [0.1, 0.15) is 10.6 Å². The van der Waals surface area contributed by atoms with Gasteiger partial charge in [0.15, 0.2) is 0 Å². The average Bonchev–Trinajstić information content (AvgIpc) is 2.94. The quantitative estimate of drug-likeness (QED) is 0.556. The van der Waals surface area contributed by atoms with E-state index in [1.165, 1.54) is 17.8 Å². The summed E-state index contributed by atoms with van der Waals surface area (Å²) in [5.41, 5.74) is 0. The van der Waals surface area contributed by atoms with Crippen molar-refractivity contribution in [1.82, 2.24) is 14.9 Å². The molecule has 0 aromatic carbocycles. The molecule has 0 spiro atoms. The summed E-state index contributed by atoms with van der Waals surface area (Å²) in [6.07, 6.45) is 1.32. The van der Waals surface area contributed by atoms with E-state index >= 15 is 0 Å². The van der Waals surface area contributed by atoms with Crippen molar-refractivity contribution in [1.29, 1.82) is 0 Å². The van der Waals surface area contributed by atoms with E-state index in [2.05, 4.69) is 15.6 Å².